The van der Waals surface area contributed by atoms with Gasteiger partial charge in [-0.25, -0.2) is 8.42 Å². The topological polar surface area (TPSA) is 34.1 Å². The molecule has 2 nitrogen and oxygen atoms in total. The summed E-state index contributed by atoms with van der Waals surface area (Å²) in [4.78, 5) is 0.00277. The fraction of sp³-hybridized carbons (Fsp3) is 0.250. The molecule has 0 saturated heterocycles. The predicted octanol–water partition coefficient (Wildman–Crippen LogP) is 3.91. The Hall–Kier alpha value is 0.547. The molecule has 0 bridgehead atoms. The first-order valence-corrected chi connectivity index (χ1v) is 11.7. The van der Waals surface area contributed by atoms with Crippen LogP contribution in [-0.4, -0.2) is 14.4 Å². The number of hydrogen-bond acceptors (Lipinski definition) is 2. The summed E-state index contributed by atoms with van der Waals surface area (Å²) in [6.45, 7) is 1.68. The normalized spacial score (nSPS) is 14.8. The van der Waals surface area contributed by atoms with Crippen molar-refractivity contribution in [3.63, 3.8) is 0 Å². The highest BCUT2D eigenvalue weighted by Crippen LogP contribution is 2.39. The number of halogens is 4. The van der Waals surface area contributed by atoms with Gasteiger partial charge in [-0.15, -0.1) is 33.2 Å². The first-order valence-electron chi connectivity index (χ1n) is 4.24. The standard InChI is InChI=1S/C8H8Cl4O2SSi/c1-6(16(10,11)12)7-4-2-3-5-8(7)15(9,13)14/h2-6H,1H3. The van der Waals surface area contributed by atoms with Crippen LogP contribution < -0.4 is 0 Å². The first kappa shape index (κ1) is 14.6. The van der Waals surface area contributed by atoms with Crippen LogP contribution in [-0.2, 0) is 9.05 Å². The van der Waals surface area contributed by atoms with Gasteiger partial charge < -0.3 is 0 Å². The maximum absolute atomic E-state index is 11.3. The molecule has 1 rings (SSSR count). The maximum atomic E-state index is 11.3. The molecule has 90 valence electrons. The smallest absolute Gasteiger partial charge is 0.207 e. The third-order valence-electron chi connectivity index (χ3n) is 2.14. The van der Waals surface area contributed by atoms with Gasteiger partial charge in [0.1, 0.15) is 0 Å². The monoisotopic (exact) mass is 336 g/mol. The minimum atomic E-state index is -3.82. The van der Waals surface area contributed by atoms with Gasteiger partial charge in [0.15, 0.2) is 0 Å². The van der Waals surface area contributed by atoms with E-state index in [1.54, 1.807) is 25.1 Å². The van der Waals surface area contributed by atoms with Crippen molar-refractivity contribution in [2.24, 2.45) is 0 Å². The van der Waals surface area contributed by atoms with E-state index in [9.17, 15) is 8.42 Å². The Balaban J connectivity index is 3.36. The van der Waals surface area contributed by atoms with Gasteiger partial charge in [0.05, 0.1) is 4.90 Å². The van der Waals surface area contributed by atoms with Crippen molar-refractivity contribution in [1.29, 1.82) is 0 Å². The largest absolute Gasteiger partial charge is 0.348 e. The van der Waals surface area contributed by atoms with Crippen LogP contribution in [0.25, 0.3) is 0 Å². The summed E-state index contributed by atoms with van der Waals surface area (Å²) in [5, 5.41) is 0. The Labute approximate surface area is 114 Å². The second kappa shape index (κ2) is 5.04. The van der Waals surface area contributed by atoms with Gasteiger partial charge in [-0.2, -0.15) is 0 Å². The maximum Gasteiger partial charge on any atom is 0.348 e. The van der Waals surface area contributed by atoms with Crippen LogP contribution in [0.1, 0.15) is 18.0 Å². The van der Waals surface area contributed by atoms with E-state index in [0.717, 1.165) is 0 Å². The van der Waals surface area contributed by atoms with E-state index in [1.165, 1.54) is 6.07 Å². The second-order valence-electron chi connectivity index (χ2n) is 3.24. The van der Waals surface area contributed by atoms with E-state index >= 15 is 0 Å². The number of rotatable bonds is 3. The molecule has 1 aromatic carbocycles. The predicted molar refractivity (Wildman–Crippen MR) is 71.2 cm³/mol. The van der Waals surface area contributed by atoms with E-state index in [1.807, 2.05) is 0 Å². The van der Waals surface area contributed by atoms with Crippen LogP contribution in [0.5, 0.6) is 0 Å². The summed E-state index contributed by atoms with van der Waals surface area (Å²) < 4.78 is 22.7. The molecule has 0 aliphatic rings. The fourth-order valence-electron chi connectivity index (χ4n) is 1.24. The molecule has 0 saturated carbocycles. The van der Waals surface area contributed by atoms with Gasteiger partial charge in [0.2, 0.25) is 0 Å². The SMILES string of the molecule is CC(c1ccccc1S(=O)(=O)Cl)[Si](Cl)(Cl)Cl. The molecule has 0 radical (unpaired) electrons. The number of benzene rings is 1. The Bertz CT molecular complexity index is 483. The Morgan fingerprint density at radius 3 is 2.12 bits per heavy atom. The summed E-state index contributed by atoms with van der Waals surface area (Å²) in [6, 6.07) is 3.25. The zero-order valence-electron chi connectivity index (χ0n) is 8.12. The average Bonchev–Trinajstić information content (AvgIpc) is 2.14. The van der Waals surface area contributed by atoms with Crippen LogP contribution in [0.4, 0.5) is 0 Å². The molecule has 1 unspecified atom stereocenters. The van der Waals surface area contributed by atoms with Gasteiger partial charge in [-0.05, 0) is 11.6 Å². The Morgan fingerprint density at radius 1 is 1.19 bits per heavy atom. The van der Waals surface area contributed by atoms with Crippen molar-refractivity contribution in [1.82, 2.24) is 0 Å². The van der Waals surface area contributed by atoms with Crippen molar-refractivity contribution < 1.29 is 8.42 Å². The molecular formula is C8H8Cl4O2SSi. The molecular weight excluding hydrogens is 330 g/mol. The molecule has 0 amide bonds. The molecule has 0 heterocycles. The van der Waals surface area contributed by atoms with Crippen LogP contribution in [0, 0.1) is 0 Å². The van der Waals surface area contributed by atoms with Crippen LogP contribution in [0.2, 0.25) is 0 Å². The highest BCUT2D eigenvalue weighted by molar-refractivity contribution is 8.13. The molecule has 1 aromatic rings. The van der Waals surface area contributed by atoms with Crippen molar-refractivity contribution in [2.45, 2.75) is 17.4 Å². The lowest BCUT2D eigenvalue weighted by Gasteiger charge is -2.19. The highest BCUT2D eigenvalue weighted by atomic mass is 35.8. The molecule has 16 heavy (non-hydrogen) atoms. The fourth-order valence-corrected chi connectivity index (χ4v) is 4.19. The van der Waals surface area contributed by atoms with E-state index in [2.05, 4.69) is 0 Å². The van der Waals surface area contributed by atoms with Crippen molar-refractivity contribution >= 4 is 59.0 Å². The van der Waals surface area contributed by atoms with Gasteiger partial charge in [0.25, 0.3) is 9.05 Å². The van der Waals surface area contributed by atoms with E-state index in [0.29, 0.717) is 5.56 Å². The third kappa shape index (κ3) is 3.52. The Morgan fingerprint density at radius 2 is 1.69 bits per heavy atom. The first-order chi connectivity index (χ1) is 7.14. The van der Waals surface area contributed by atoms with Crippen molar-refractivity contribution in [2.75, 3.05) is 0 Å². The second-order valence-corrected chi connectivity index (χ2v) is 14.8. The average molecular weight is 338 g/mol. The van der Waals surface area contributed by atoms with Gasteiger partial charge in [-0.3, -0.25) is 0 Å². The summed E-state index contributed by atoms with van der Waals surface area (Å²) >= 11 is 17.6. The summed E-state index contributed by atoms with van der Waals surface area (Å²) in [5.74, 6) is 0. The molecule has 0 spiro atoms. The summed E-state index contributed by atoms with van der Waals surface area (Å²) in [7, 11) is 1.50. The lowest BCUT2D eigenvalue weighted by Crippen LogP contribution is -2.21. The lowest BCUT2D eigenvalue weighted by molar-refractivity contribution is 0.608. The minimum absolute atomic E-state index is 0.00277. The summed E-state index contributed by atoms with van der Waals surface area (Å²) in [6.07, 6.45) is 0. The molecule has 0 aliphatic heterocycles. The number of hydrogen-bond donors (Lipinski definition) is 0. The van der Waals surface area contributed by atoms with E-state index in [4.69, 9.17) is 43.9 Å². The summed E-state index contributed by atoms with van der Waals surface area (Å²) in [5.41, 5.74) is 0.00592. The van der Waals surface area contributed by atoms with E-state index < -0.39 is 20.6 Å². The highest BCUT2D eigenvalue weighted by Gasteiger charge is 2.36. The van der Waals surface area contributed by atoms with Gasteiger partial charge in [-0.1, -0.05) is 25.1 Å². The zero-order chi connectivity index (χ0) is 12.6. The van der Waals surface area contributed by atoms with E-state index in [-0.39, 0.29) is 4.90 Å². The zero-order valence-corrected chi connectivity index (χ0v) is 13.0. The third-order valence-corrected chi connectivity index (χ3v) is 7.77. The van der Waals surface area contributed by atoms with Crippen molar-refractivity contribution in [3.8, 4) is 0 Å². The quantitative estimate of drug-likeness (QED) is 0.476. The Kier molecular flexibility index (Phi) is 4.60. The van der Waals surface area contributed by atoms with Gasteiger partial charge in [0, 0.05) is 16.2 Å². The van der Waals surface area contributed by atoms with Gasteiger partial charge >= 0.3 is 6.00 Å². The lowest BCUT2D eigenvalue weighted by atomic mass is 10.2. The molecule has 0 N–H and O–H groups in total. The van der Waals surface area contributed by atoms with Crippen molar-refractivity contribution in [3.05, 3.63) is 29.8 Å². The van der Waals surface area contributed by atoms with Crippen LogP contribution >= 0.6 is 43.9 Å². The van der Waals surface area contributed by atoms with Crippen LogP contribution in [0.3, 0.4) is 0 Å². The molecule has 0 aliphatic carbocycles. The minimum Gasteiger partial charge on any atom is -0.207 e. The van der Waals surface area contributed by atoms with Crippen LogP contribution in [0.15, 0.2) is 29.2 Å². The molecule has 0 fully saturated rings. The molecule has 8 heteroatoms. The molecule has 0 aromatic heterocycles. The molecule has 1 atom stereocenters.